The number of halogens is 2. The number of nitrogens with zero attached hydrogens (tertiary/aromatic N) is 6. The van der Waals surface area contributed by atoms with E-state index in [1.54, 1.807) is 29.5 Å². The first-order chi connectivity index (χ1) is 19.7. The third kappa shape index (κ3) is 6.41. The monoisotopic (exact) mass is 582 g/mol. The number of rotatable bonds is 9. The van der Waals surface area contributed by atoms with Gasteiger partial charge in [-0.1, -0.05) is 33.1 Å². The van der Waals surface area contributed by atoms with E-state index in [-0.39, 0.29) is 40.8 Å². The van der Waals surface area contributed by atoms with Crippen molar-refractivity contribution < 1.29 is 18.4 Å². The molecule has 2 N–H and O–H groups in total. The molecule has 10 nitrogen and oxygen atoms in total. The Hall–Kier alpha value is -3.84. The molecule has 0 aliphatic heterocycles. The highest BCUT2D eigenvalue weighted by Crippen LogP contribution is 2.34. The van der Waals surface area contributed by atoms with E-state index in [0.29, 0.717) is 22.9 Å². The summed E-state index contributed by atoms with van der Waals surface area (Å²) in [5.41, 5.74) is 0.716. The average molecular weight is 583 g/mol. The van der Waals surface area contributed by atoms with Gasteiger partial charge in [0.25, 0.3) is 11.8 Å². The van der Waals surface area contributed by atoms with E-state index < -0.39 is 17.7 Å². The highest BCUT2D eigenvalue weighted by molar-refractivity contribution is 7.13. The van der Waals surface area contributed by atoms with Gasteiger partial charge in [-0.3, -0.25) is 14.3 Å². The summed E-state index contributed by atoms with van der Waals surface area (Å²) in [4.78, 5) is 34.3. The standard InChI is InChI=1S/C28H32F2N8O2S/c1-16(2)11-20(31-3)28(40)38-13-17(12-32-38)27-34-22(15-41-27)26(39)33-21-14-37(18-7-5-4-6-8-18)36-25(21)24-19(29)9-10-23(30)35-24/h9-10,12-16,18,20,31H,4-8,11H2,1-3H3,(H,33,39). The number of thiazole rings is 1. The van der Waals surface area contributed by atoms with Crippen molar-refractivity contribution in [3.05, 3.63) is 53.6 Å². The highest BCUT2D eigenvalue weighted by atomic mass is 32.1. The lowest BCUT2D eigenvalue weighted by molar-refractivity contribution is 0.0834. The second-order valence-electron chi connectivity index (χ2n) is 10.6. The first-order valence-corrected chi connectivity index (χ1v) is 14.6. The van der Waals surface area contributed by atoms with Crippen molar-refractivity contribution >= 4 is 28.8 Å². The molecule has 1 unspecified atom stereocenters. The molecule has 1 amide bonds. The Balaban J connectivity index is 1.38. The molecule has 0 bridgehead atoms. The van der Waals surface area contributed by atoms with Gasteiger partial charge < -0.3 is 10.6 Å². The fourth-order valence-electron chi connectivity index (χ4n) is 5.00. The molecule has 0 spiro atoms. The molecule has 0 radical (unpaired) electrons. The number of pyridine rings is 1. The predicted molar refractivity (Wildman–Crippen MR) is 152 cm³/mol. The van der Waals surface area contributed by atoms with E-state index in [1.807, 2.05) is 13.8 Å². The molecule has 1 saturated carbocycles. The molecule has 4 aromatic heterocycles. The predicted octanol–water partition coefficient (Wildman–Crippen LogP) is 5.58. The quantitative estimate of drug-likeness (QED) is 0.248. The molecule has 13 heteroatoms. The van der Waals surface area contributed by atoms with Gasteiger partial charge in [0, 0.05) is 23.3 Å². The summed E-state index contributed by atoms with van der Waals surface area (Å²) < 4.78 is 31.6. The Morgan fingerprint density at radius 1 is 1.10 bits per heavy atom. The summed E-state index contributed by atoms with van der Waals surface area (Å²) in [6.45, 7) is 4.09. The Labute approximate surface area is 240 Å². The minimum Gasteiger partial charge on any atom is -0.317 e. The van der Waals surface area contributed by atoms with Crippen LogP contribution in [0.25, 0.3) is 22.0 Å². The molecule has 0 saturated heterocycles. The zero-order valence-corrected chi connectivity index (χ0v) is 23.9. The van der Waals surface area contributed by atoms with E-state index in [1.165, 1.54) is 22.2 Å². The zero-order chi connectivity index (χ0) is 29.1. The second-order valence-corrected chi connectivity index (χ2v) is 11.5. The summed E-state index contributed by atoms with van der Waals surface area (Å²) >= 11 is 1.23. The fraction of sp³-hybridized carbons (Fsp3) is 0.429. The lowest BCUT2D eigenvalue weighted by Gasteiger charge is -2.21. The molecule has 4 aromatic rings. The summed E-state index contributed by atoms with van der Waals surface area (Å²) in [6.07, 6.45) is 10.5. The maximum atomic E-state index is 14.7. The van der Waals surface area contributed by atoms with Gasteiger partial charge >= 0.3 is 0 Å². The Kier molecular flexibility index (Phi) is 8.64. The number of amides is 1. The highest BCUT2D eigenvalue weighted by Gasteiger charge is 2.25. The molecule has 0 aromatic carbocycles. The minimum absolute atomic E-state index is 0.0525. The molecule has 4 heterocycles. The van der Waals surface area contributed by atoms with Crippen molar-refractivity contribution in [2.45, 2.75) is 64.5 Å². The number of carbonyl (C=O) groups is 2. The Morgan fingerprint density at radius 3 is 2.61 bits per heavy atom. The summed E-state index contributed by atoms with van der Waals surface area (Å²) in [5, 5.41) is 16.6. The molecule has 5 rings (SSSR count). The van der Waals surface area contributed by atoms with Crippen LogP contribution in [0.1, 0.15) is 73.7 Å². The lowest BCUT2D eigenvalue weighted by atomic mass is 9.96. The van der Waals surface area contributed by atoms with Crippen LogP contribution >= 0.6 is 11.3 Å². The van der Waals surface area contributed by atoms with E-state index >= 15 is 0 Å². The maximum Gasteiger partial charge on any atom is 0.275 e. The Bertz CT molecular complexity index is 1540. The van der Waals surface area contributed by atoms with Gasteiger partial charge in [0.15, 0.2) is 5.82 Å². The van der Waals surface area contributed by atoms with Crippen molar-refractivity contribution in [3.63, 3.8) is 0 Å². The van der Waals surface area contributed by atoms with Crippen LogP contribution in [-0.2, 0) is 0 Å². The van der Waals surface area contributed by atoms with E-state index in [0.717, 1.165) is 44.2 Å². The van der Waals surface area contributed by atoms with Crippen molar-refractivity contribution in [1.82, 2.24) is 34.8 Å². The molecule has 1 fully saturated rings. The molecule has 1 aliphatic carbocycles. The largest absolute Gasteiger partial charge is 0.317 e. The third-order valence-corrected chi connectivity index (χ3v) is 8.00. The number of aromatic nitrogens is 6. The van der Waals surface area contributed by atoms with Crippen LogP contribution in [0.15, 0.2) is 36.1 Å². The topological polar surface area (TPSA) is 120 Å². The van der Waals surface area contributed by atoms with Crippen LogP contribution in [0.3, 0.4) is 0 Å². The molecule has 41 heavy (non-hydrogen) atoms. The Morgan fingerprint density at radius 2 is 1.88 bits per heavy atom. The van der Waals surface area contributed by atoms with Crippen LogP contribution in [0.2, 0.25) is 0 Å². The normalized spacial score (nSPS) is 14.9. The van der Waals surface area contributed by atoms with Crippen molar-refractivity contribution in [1.29, 1.82) is 0 Å². The van der Waals surface area contributed by atoms with Gasteiger partial charge in [-0.05, 0) is 44.4 Å². The fourth-order valence-corrected chi connectivity index (χ4v) is 5.77. The van der Waals surface area contributed by atoms with Gasteiger partial charge in [-0.15, -0.1) is 11.3 Å². The van der Waals surface area contributed by atoms with Gasteiger partial charge in [0.05, 0.1) is 24.0 Å². The van der Waals surface area contributed by atoms with E-state index in [2.05, 4.69) is 30.8 Å². The van der Waals surface area contributed by atoms with Gasteiger partial charge in [0.1, 0.15) is 22.1 Å². The molecular formula is C28H32F2N8O2S. The van der Waals surface area contributed by atoms with Crippen molar-refractivity contribution in [3.8, 4) is 22.0 Å². The molecule has 216 valence electrons. The van der Waals surface area contributed by atoms with Gasteiger partial charge in [-0.2, -0.15) is 14.6 Å². The SMILES string of the molecule is CNC(CC(C)C)C(=O)n1cc(-c2nc(C(=O)Nc3cn(C4CCCCC4)nc3-c3nc(F)ccc3F)cs2)cn1. The average Bonchev–Trinajstić information content (AvgIpc) is 3.73. The van der Waals surface area contributed by atoms with Crippen molar-refractivity contribution in [2.75, 3.05) is 12.4 Å². The summed E-state index contributed by atoms with van der Waals surface area (Å²) in [5.74, 6) is -1.98. The van der Waals surface area contributed by atoms with Crippen LogP contribution in [0.4, 0.5) is 14.5 Å². The van der Waals surface area contributed by atoms with Crippen LogP contribution in [-0.4, -0.2) is 54.4 Å². The third-order valence-electron chi connectivity index (χ3n) is 7.11. The smallest absolute Gasteiger partial charge is 0.275 e. The molecule has 1 aliphatic rings. The number of carbonyl (C=O) groups excluding carboxylic acids is 2. The van der Waals surface area contributed by atoms with Crippen LogP contribution in [0.5, 0.6) is 0 Å². The first-order valence-electron chi connectivity index (χ1n) is 13.7. The first kappa shape index (κ1) is 28.7. The summed E-state index contributed by atoms with van der Waals surface area (Å²) in [7, 11) is 1.74. The van der Waals surface area contributed by atoms with Gasteiger partial charge in [-0.25, -0.2) is 19.0 Å². The zero-order valence-electron chi connectivity index (χ0n) is 23.1. The van der Waals surface area contributed by atoms with Crippen molar-refractivity contribution in [2.24, 2.45) is 5.92 Å². The lowest BCUT2D eigenvalue weighted by Crippen LogP contribution is -2.38. The number of nitrogens with one attached hydrogen (secondary N) is 2. The maximum absolute atomic E-state index is 14.7. The minimum atomic E-state index is -0.848. The number of likely N-dealkylation sites (N-methyl/N-ethyl adjacent to an activating group) is 1. The van der Waals surface area contributed by atoms with Crippen LogP contribution < -0.4 is 10.6 Å². The second kappa shape index (κ2) is 12.4. The summed E-state index contributed by atoms with van der Waals surface area (Å²) in [6, 6.07) is 1.65. The van der Waals surface area contributed by atoms with Crippen LogP contribution in [0, 0.1) is 17.7 Å². The van der Waals surface area contributed by atoms with E-state index in [9.17, 15) is 18.4 Å². The molecular weight excluding hydrogens is 550 g/mol. The van der Waals surface area contributed by atoms with Gasteiger partial charge in [0.2, 0.25) is 5.95 Å². The molecule has 1 atom stereocenters. The number of hydrogen-bond donors (Lipinski definition) is 2. The van der Waals surface area contributed by atoms with E-state index in [4.69, 9.17) is 0 Å². The number of hydrogen-bond acceptors (Lipinski definition) is 8. The number of anilines is 1.